The normalized spacial score (nSPS) is 12.9. The fourth-order valence-corrected chi connectivity index (χ4v) is 2.61. The van der Waals surface area contributed by atoms with Crippen LogP contribution in [0.4, 0.5) is 0 Å². The minimum Gasteiger partial charge on any atom is -0.316 e. The smallest absolute Gasteiger partial charge is 0.0227 e. The van der Waals surface area contributed by atoms with Gasteiger partial charge in [0.15, 0.2) is 0 Å². The Labute approximate surface area is 145 Å². The molecule has 1 unspecified atom stereocenters. The second kappa shape index (κ2) is 16.0. The van der Waals surface area contributed by atoms with Crippen molar-refractivity contribution in [1.29, 1.82) is 0 Å². The largest absolute Gasteiger partial charge is 0.316 e. The summed E-state index contributed by atoms with van der Waals surface area (Å²) in [6, 6.07) is 0. The minimum atomic E-state index is 0.767. The summed E-state index contributed by atoms with van der Waals surface area (Å²) >= 11 is 0. The zero-order valence-corrected chi connectivity index (χ0v) is 15.9. The Morgan fingerprint density at radius 2 is 1.83 bits per heavy atom. The maximum absolute atomic E-state index is 4.15. The predicted molar refractivity (Wildman–Crippen MR) is 106 cm³/mol. The zero-order valence-electron chi connectivity index (χ0n) is 15.9. The van der Waals surface area contributed by atoms with Crippen LogP contribution >= 0.6 is 0 Å². The van der Waals surface area contributed by atoms with E-state index in [1.54, 1.807) is 0 Å². The lowest BCUT2D eigenvalue weighted by molar-refractivity contribution is 0.278. The lowest BCUT2D eigenvalue weighted by atomic mass is 10.1. The van der Waals surface area contributed by atoms with Crippen molar-refractivity contribution in [2.75, 3.05) is 32.7 Å². The number of unbranched alkanes of at least 4 members (excludes halogenated alkanes) is 2. The van der Waals surface area contributed by atoms with E-state index in [4.69, 9.17) is 0 Å². The molecule has 1 N–H and O–H groups in total. The highest BCUT2D eigenvalue weighted by molar-refractivity contribution is 5.19. The summed E-state index contributed by atoms with van der Waals surface area (Å²) in [5, 5.41) is 3.57. The average molecular weight is 321 g/mol. The van der Waals surface area contributed by atoms with Gasteiger partial charge in [-0.15, -0.1) is 0 Å². The van der Waals surface area contributed by atoms with Gasteiger partial charge in [-0.2, -0.15) is 0 Å². The molecule has 0 fully saturated rings. The second-order valence-electron chi connectivity index (χ2n) is 6.69. The first-order chi connectivity index (χ1) is 11.1. The van der Waals surface area contributed by atoms with Crippen molar-refractivity contribution in [2.45, 2.75) is 59.3 Å². The van der Waals surface area contributed by atoms with Crippen molar-refractivity contribution >= 4 is 0 Å². The van der Waals surface area contributed by atoms with Gasteiger partial charge in [0.1, 0.15) is 0 Å². The van der Waals surface area contributed by atoms with Crippen molar-refractivity contribution in [3.8, 4) is 0 Å². The Hall–Kier alpha value is -0.860. The van der Waals surface area contributed by atoms with E-state index in [9.17, 15) is 0 Å². The molecular formula is C21H40N2. The van der Waals surface area contributed by atoms with E-state index in [1.807, 2.05) is 12.2 Å². The summed E-state index contributed by atoms with van der Waals surface area (Å²) in [6.07, 6.45) is 13.5. The Bertz CT molecular complexity index is 320. The van der Waals surface area contributed by atoms with E-state index in [-0.39, 0.29) is 0 Å². The van der Waals surface area contributed by atoms with E-state index >= 15 is 0 Å². The molecule has 134 valence electrons. The van der Waals surface area contributed by atoms with Gasteiger partial charge in [0.05, 0.1) is 0 Å². The first kappa shape index (κ1) is 22.1. The first-order valence-electron chi connectivity index (χ1n) is 9.53. The van der Waals surface area contributed by atoms with Gasteiger partial charge in [-0.25, -0.2) is 0 Å². The fourth-order valence-electron chi connectivity index (χ4n) is 2.61. The van der Waals surface area contributed by atoms with Crippen molar-refractivity contribution in [1.82, 2.24) is 10.2 Å². The van der Waals surface area contributed by atoms with E-state index in [2.05, 4.69) is 50.2 Å². The van der Waals surface area contributed by atoms with E-state index in [1.165, 1.54) is 63.7 Å². The Balaban J connectivity index is 4.00. The third-order valence-corrected chi connectivity index (χ3v) is 4.09. The highest BCUT2D eigenvalue weighted by Gasteiger charge is 2.07. The first-order valence-corrected chi connectivity index (χ1v) is 9.53. The fraction of sp³-hybridized carbons (Fsp3) is 0.714. The molecule has 2 heteroatoms. The minimum absolute atomic E-state index is 0.767. The maximum Gasteiger partial charge on any atom is 0.0227 e. The molecule has 0 bridgehead atoms. The third-order valence-electron chi connectivity index (χ3n) is 4.09. The molecule has 0 saturated heterocycles. The predicted octanol–water partition coefficient (Wildman–Crippen LogP) is 5.19. The van der Waals surface area contributed by atoms with Crippen molar-refractivity contribution in [3.05, 3.63) is 37.0 Å². The van der Waals surface area contributed by atoms with E-state index in [0.29, 0.717) is 0 Å². The lowest BCUT2D eigenvalue weighted by Crippen LogP contribution is -2.29. The zero-order chi connectivity index (χ0) is 17.3. The number of nitrogens with zero attached hydrogens (tertiary/aromatic N) is 1. The van der Waals surface area contributed by atoms with Gasteiger partial charge in [-0.05, 0) is 63.4 Å². The van der Waals surface area contributed by atoms with Crippen LogP contribution in [0.2, 0.25) is 0 Å². The van der Waals surface area contributed by atoms with E-state index < -0.39 is 0 Å². The van der Waals surface area contributed by atoms with Crippen LogP contribution in [0.1, 0.15) is 59.3 Å². The van der Waals surface area contributed by atoms with Crippen LogP contribution in [0.15, 0.2) is 37.0 Å². The molecule has 2 nitrogen and oxygen atoms in total. The van der Waals surface area contributed by atoms with Gasteiger partial charge in [0.2, 0.25) is 0 Å². The molecule has 1 atom stereocenters. The monoisotopic (exact) mass is 320 g/mol. The Kier molecular flexibility index (Phi) is 15.4. The van der Waals surface area contributed by atoms with Crippen LogP contribution in [0.5, 0.6) is 0 Å². The summed E-state index contributed by atoms with van der Waals surface area (Å²) in [5.41, 5.74) is 1.18. The lowest BCUT2D eigenvalue weighted by Gasteiger charge is -2.23. The van der Waals surface area contributed by atoms with Crippen LogP contribution in [0.25, 0.3) is 0 Å². The van der Waals surface area contributed by atoms with Gasteiger partial charge in [-0.1, -0.05) is 65.0 Å². The SMILES string of the molecule is C=C/C=C/C(=C)CN(CCCC)CCCC(C)CNCCCC. The molecule has 23 heavy (non-hydrogen) atoms. The number of hydrogen-bond donors (Lipinski definition) is 1. The van der Waals surface area contributed by atoms with Crippen molar-refractivity contribution < 1.29 is 0 Å². The molecule has 0 saturated carbocycles. The third kappa shape index (κ3) is 14.5. The highest BCUT2D eigenvalue weighted by atomic mass is 15.1. The molecule has 0 amide bonds. The van der Waals surface area contributed by atoms with Gasteiger partial charge in [0.25, 0.3) is 0 Å². The summed E-state index contributed by atoms with van der Waals surface area (Å²) in [7, 11) is 0. The van der Waals surface area contributed by atoms with E-state index in [0.717, 1.165) is 19.0 Å². The number of allylic oxidation sites excluding steroid dienone is 2. The molecule has 0 radical (unpaired) electrons. The van der Waals surface area contributed by atoms with Crippen LogP contribution in [0.3, 0.4) is 0 Å². The topological polar surface area (TPSA) is 15.3 Å². The van der Waals surface area contributed by atoms with Crippen LogP contribution in [-0.2, 0) is 0 Å². The molecule has 0 rings (SSSR count). The molecule has 0 aromatic rings. The van der Waals surface area contributed by atoms with Gasteiger partial charge in [0, 0.05) is 6.54 Å². The molecule has 0 heterocycles. The molecule has 0 aromatic carbocycles. The summed E-state index contributed by atoms with van der Waals surface area (Å²) in [6.45, 7) is 20.4. The highest BCUT2D eigenvalue weighted by Crippen LogP contribution is 2.08. The van der Waals surface area contributed by atoms with Crippen LogP contribution < -0.4 is 5.32 Å². The summed E-state index contributed by atoms with van der Waals surface area (Å²) < 4.78 is 0. The second-order valence-corrected chi connectivity index (χ2v) is 6.69. The molecular weight excluding hydrogens is 280 g/mol. The molecule has 0 aliphatic carbocycles. The van der Waals surface area contributed by atoms with Crippen LogP contribution in [0, 0.1) is 5.92 Å². The standard InChI is InChI=1S/C21H40N2/c1-6-9-13-21(5)19-23(16-11-8-3)17-12-14-20(4)18-22-15-10-7-2/h6,9,13,20,22H,1,5,7-8,10-12,14-19H2,2-4H3/b13-9+. The quantitative estimate of drug-likeness (QED) is 0.311. The Morgan fingerprint density at radius 3 is 2.48 bits per heavy atom. The Morgan fingerprint density at radius 1 is 1.13 bits per heavy atom. The maximum atomic E-state index is 4.15. The van der Waals surface area contributed by atoms with Crippen molar-refractivity contribution in [3.63, 3.8) is 0 Å². The van der Waals surface area contributed by atoms with Gasteiger partial charge in [-0.3, -0.25) is 4.90 Å². The summed E-state index contributed by atoms with van der Waals surface area (Å²) in [4.78, 5) is 2.55. The number of hydrogen-bond acceptors (Lipinski definition) is 2. The van der Waals surface area contributed by atoms with Gasteiger partial charge >= 0.3 is 0 Å². The molecule has 0 aliphatic heterocycles. The van der Waals surface area contributed by atoms with Crippen LogP contribution in [-0.4, -0.2) is 37.6 Å². The average Bonchev–Trinajstić information content (AvgIpc) is 2.54. The summed E-state index contributed by atoms with van der Waals surface area (Å²) in [5.74, 6) is 0.767. The van der Waals surface area contributed by atoms with Crippen molar-refractivity contribution in [2.24, 2.45) is 5.92 Å². The number of nitrogens with one attached hydrogen (secondary N) is 1. The van der Waals surface area contributed by atoms with Gasteiger partial charge < -0.3 is 5.32 Å². The molecule has 0 aliphatic rings. The number of rotatable bonds is 16. The molecule has 0 aromatic heterocycles. The molecule has 0 spiro atoms.